The normalized spacial score (nSPS) is 13.2. The summed E-state index contributed by atoms with van der Waals surface area (Å²) in [5.41, 5.74) is 5.50. The van der Waals surface area contributed by atoms with Crippen molar-refractivity contribution in [2.24, 2.45) is 0 Å². The third kappa shape index (κ3) is 4.00. The van der Waals surface area contributed by atoms with Gasteiger partial charge in [0.1, 0.15) is 13.1 Å². The Hall–Kier alpha value is -2.09. The number of nitrogens with zero attached hydrogens (tertiary/aromatic N) is 1. The first-order valence-corrected chi connectivity index (χ1v) is 9.62. The van der Waals surface area contributed by atoms with Crippen molar-refractivity contribution in [1.82, 2.24) is 0 Å². The Bertz CT molecular complexity index is 894. The van der Waals surface area contributed by atoms with Crippen LogP contribution in [0.3, 0.4) is 0 Å². The number of hydrogen-bond donors (Lipinski definition) is 0. The van der Waals surface area contributed by atoms with Gasteiger partial charge in [0.25, 0.3) is 0 Å². The maximum atomic E-state index is 6.53. The predicted octanol–water partition coefficient (Wildman–Crippen LogP) is 6.41. The SMILES string of the molecule is CC[N+](CC)=C1C=CC(=C(c2ccccc2)c2cc(Cl)ccc2Cl)C=C1. The second-order valence-corrected chi connectivity index (χ2v) is 6.93. The highest BCUT2D eigenvalue weighted by molar-refractivity contribution is 6.34. The molecule has 1 aliphatic rings. The molecule has 0 heterocycles. The maximum absolute atomic E-state index is 6.53. The molecule has 26 heavy (non-hydrogen) atoms. The molecule has 0 radical (unpaired) electrons. The number of allylic oxidation sites excluding steroid dienone is 5. The third-order valence-corrected chi connectivity index (χ3v) is 5.11. The van der Waals surface area contributed by atoms with Crippen LogP contribution in [-0.4, -0.2) is 23.4 Å². The summed E-state index contributed by atoms with van der Waals surface area (Å²) in [7, 11) is 0. The molecule has 0 saturated heterocycles. The molecule has 0 atom stereocenters. The van der Waals surface area contributed by atoms with Gasteiger partial charge in [-0.05, 0) is 60.9 Å². The van der Waals surface area contributed by atoms with Crippen molar-refractivity contribution in [2.45, 2.75) is 13.8 Å². The summed E-state index contributed by atoms with van der Waals surface area (Å²) in [6, 6.07) is 15.9. The van der Waals surface area contributed by atoms with E-state index in [9.17, 15) is 0 Å². The van der Waals surface area contributed by atoms with Crippen molar-refractivity contribution in [3.8, 4) is 0 Å². The number of rotatable bonds is 4. The molecule has 3 heteroatoms. The van der Waals surface area contributed by atoms with E-state index in [1.165, 1.54) is 5.71 Å². The Balaban J connectivity index is 2.19. The molecule has 0 saturated carbocycles. The van der Waals surface area contributed by atoms with E-state index in [2.05, 4.69) is 54.9 Å². The molecule has 1 nitrogen and oxygen atoms in total. The number of halogens is 2. The molecule has 2 aromatic carbocycles. The lowest BCUT2D eigenvalue weighted by Crippen LogP contribution is -2.19. The van der Waals surface area contributed by atoms with Gasteiger partial charge in [0.05, 0.1) is 0 Å². The van der Waals surface area contributed by atoms with Crippen LogP contribution in [0, 0.1) is 0 Å². The predicted molar refractivity (Wildman–Crippen MR) is 114 cm³/mol. The Kier molecular flexibility index (Phi) is 6.13. The fourth-order valence-corrected chi connectivity index (χ4v) is 3.58. The standard InChI is InChI=1S/C23H22Cl2N/c1-3-26(4-2)20-13-10-18(11-14-20)23(17-8-6-5-7-9-17)21-16-19(24)12-15-22(21)25/h5-16H,3-4H2,1-2H3/q+1. The summed E-state index contributed by atoms with van der Waals surface area (Å²) in [5.74, 6) is 0. The molecule has 0 aliphatic heterocycles. The first-order chi connectivity index (χ1) is 12.6. The summed E-state index contributed by atoms with van der Waals surface area (Å²) in [5, 5.41) is 1.37. The molecule has 0 aromatic heterocycles. The lowest BCUT2D eigenvalue weighted by molar-refractivity contribution is -0.519. The van der Waals surface area contributed by atoms with Crippen LogP contribution < -0.4 is 0 Å². The van der Waals surface area contributed by atoms with Crippen LogP contribution in [0.15, 0.2) is 78.4 Å². The summed E-state index contributed by atoms with van der Waals surface area (Å²) < 4.78 is 2.33. The molecule has 2 aromatic rings. The first kappa shape index (κ1) is 18.7. The molecule has 3 rings (SSSR count). The zero-order chi connectivity index (χ0) is 18.5. The van der Waals surface area contributed by atoms with Crippen LogP contribution in [0.2, 0.25) is 10.0 Å². The highest BCUT2D eigenvalue weighted by atomic mass is 35.5. The van der Waals surface area contributed by atoms with Gasteiger partial charge in [0, 0.05) is 27.8 Å². The van der Waals surface area contributed by atoms with Crippen LogP contribution in [0.1, 0.15) is 25.0 Å². The summed E-state index contributed by atoms with van der Waals surface area (Å²) >= 11 is 12.8. The highest BCUT2D eigenvalue weighted by Gasteiger charge is 2.16. The maximum Gasteiger partial charge on any atom is 0.199 e. The largest absolute Gasteiger partial charge is 0.231 e. The van der Waals surface area contributed by atoms with Gasteiger partial charge in [-0.25, -0.2) is 4.58 Å². The van der Waals surface area contributed by atoms with Crippen LogP contribution in [0.5, 0.6) is 0 Å². The number of benzene rings is 2. The minimum atomic E-state index is 0.678. The second kappa shape index (κ2) is 8.53. The average Bonchev–Trinajstić information content (AvgIpc) is 2.68. The monoisotopic (exact) mass is 382 g/mol. The van der Waals surface area contributed by atoms with Gasteiger partial charge in [0.2, 0.25) is 0 Å². The van der Waals surface area contributed by atoms with Crippen LogP contribution in [0.25, 0.3) is 5.57 Å². The van der Waals surface area contributed by atoms with Crippen LogP contribution in [0.4, 0.5) is 0 Å². The van der Waals surface area contributed by atoms with E-state index in [0.29, 0.717) is 10.0 Å². The first-order valence-electron chi connectivity index (χ1n) is 8.87. The van der Waals surface area contributed by atoms with Gasteiger partial charge in [-0.1, -0.05) is 53.5 Å². The van der Waals surface area contributed by atoms with Crippen molar-refractivity contribution in [2.75, 3.05) is 13.1 Å². The Morgan fingerprint density at radius 2 is 1.50 bits per heavy atom. The van der Waals surface area contributed by atoms with Gasteiger partial charge in [-0.3, -0.25) is 0 Å². The molecule has 132 valence electrons. The summed E-state index contributed by atoms with van der Waals surface area (Å²) in [4.78, 5) is 0. The quantitative estimate of drug-likeness (QED) is 0.537. The van der Waals surface area contributed by atoms with Crippen molar-refractivity contribution < 1.29 is 4.58 Å². The summed E-state index contributed by atoms with van der Waals surface area (Å²) in [6.45, 7) is 6.33. The molecule has 1 aliphatic carbocycles. The van der Waals surface area contributed by atoms with E-state index in [1.807, 2.05) is 36.4 Å². The zero-order valence-electron chi connectivity index (χ0n) is 15.0. The molecular formula is C23H22Cl2N+. The lowest BCUT2D eigenvalue weighted by atomic mass is 9.91. The van der Waals surface area contributed by atoms with Crippen molar-refractivity contribution in [1.29, 1.82) is 0 Å². The number of hydrogen-bond acceptors (Lipinski definition) is 0. The molecule has 0 spiro atoms. The smallest absolute Gasteiger partial charge is 0.199 e. The van der Waals surface area contributed by atoms with E-state index in [4.69, 9.17) is 23.2 Å². The van der Waals surface area contributed by atoms with E-state index in [0.717, 1.165) is 35.4 Å². The fraction of sp³-hybridized carbons (Fsp3) is 0.174. The third-order valence-electron chi connectivity index (χ3n) is 4.54. The molecule has 0 amide bonds. The van der Waals surface area contributed by atoms with Gasteiger partial charge >= 0.3 is 0 Å². The van der Waals surface area contributed by atoms with Gasteiger partial charge in [-0.2, -0.15) is 0 Å². The van der Waals surface area contributed by atoms with E-state index < -0.39 is 0 Å². The Morgan fingerprint density at radius 1 is 0.846 bits per heavy atom. The second-order valence-electron chi connectivity index (χ2n) is 6.08. The fourth-order valence-electron chi connectivity index (χ4n) is 3.20. The van der Waals surface area contributed by atoms with Crippen LogP contribution in [-0.2, 0) is 0 Å². The summed E-state index contributed by atoms with van der Waals surface area (Å²) in [6.07, 6.45) is 8.66. The van der Waals surface area contributed by atoms with Crippen LogP contribution >= 0.6 is 23.2 Å². The molecule has 0 N–H and O–H groups in total. The zero-order valence-corrected chi connectivity index (χ0v) is 16.6. The minimum absolute atomic E-state index is 0.678. The van der Waals surface area contributed by atoms with Crippen molar-refractivity contribution >= 4 is 34.5 Å². The molecule has 0 bridgehead atoms. The van der Waals surface area contributed by atoms with Gasteiger partial charge in [-0.15, -0.1) is 0 Å². The topological polar surface area (TPSA) is 3.01 Å². The van der Waals surface area contributed by atoms with Crippen molar-refractivity contribution in [3.63, 3.8) is 0 Å². The molecular weight excluding hydrogens is 361 g/mol. The van der Waals surface area contributed by atoms with E-state index >= 15 is 0 Å². The highest BCUT2D eigenvalue weighted by Crippen LogP contribution is 2.35. The Morgan fingerprint density at radius 3 is 2.12 bits per heavy atom. The van der Waals surface area contributed by atoms with E-state index in [1.54, 1.807) is 0 Å². The van der Waals surface area contributed by atoms with Crippen molar-refractivity contribution in [3.05, 3.63) is 99.6 Å². The van der Waals surface area contributed by atoms with Gasteiger partial charge in [0.15, 0.2) is 5.71 Å². The molecule has 0 unspecified atom stereocenters. The average molecular weight is 383 g/mol. The molecule has 0 fully saturated rings. The van der Waals surface area contributed by atoms with Gasteiger partial charge < -0.3 is 0 Å². The Labute approximate surface area is 165 Å². The lowest BCUT2D eigenvalue weighted by Gasteiger charge is -2.15. The van der Waals surface area contributed by atoms with E-state index in [-0.39, 0.29) is 0 Å². The minimum Gasteiger partial charge on any atom is -0.231 e.